The predicted octanol–water partition coefficient (Wildman–Crippen LogP) is 2.03. The monoisotopic (exact) mass is 276 g/mol. The molecule has 19 heavy (non-hydrogen) atoms. The summed E-state index contributed by atoms with van der Waals surface area (Å²) in [6.07, 6.45) is 3.44. The zero-order valence-electron chi connectivity index (χ0n) is 10.5. The highest BCUT2D eigenvalue weighted by atomic mass is 35.5. The Balaban J connectivity index is 1.99. The number of carbonyl (C=O) groups is 1. The van der Waals surface area contributed by atoms with Crippen molar-refractivity contribution in [2.45, 2.75) is 19.8 Å². The van der Waals surface area contributed by atoms with Crippen LogP contribution in [0, 0.1) is 28.6 Å². The van der Waals surface area contributed by atoms with Crippen LogP contribution in [0.2, 0.25) is 5.28 Å². The number of aromatic nitrogens is 2. The van der Waals surface area contributed by atoms with E-state index in [1.807, 2.05) is 6.92 Å². The normalized spacial score (nSPS) is 30.5. The minimum absolute atomic E-state index is 0.00578. The zero-order chi connectivity index (χ0) is 13.6. The van der Waals surface area contributed by atoms with Crippen molar-refractivity contribution in [2.75, 3.05) is 11.4 Å². The number of hydrogen-bond acceptors (Lipinski definition) is 4. The van der Waals surface area contributed by atoms with Gasteiger partial charge in [0, 0.05) is 18.7 Å². The molecule has 0 spiro atoms. The van der Waals surface area contributed by atoms with Gasteiger partial charge in [-0.15, -0.1) is 0 Å². The third-order valence-electron chi connectivity index (χ3n) is 4.13. The lowest BCUT2D eigenvalue weighted by atomic mass is 9.75. The number of nitriles is 1. The van der Waals surface area contributed by atoms with Gasteiger partial charge in [-0.3, -0.25) is 9.69 Å². The molecule has 1 amide bonds. The molecule has 0 N–H and O–H groups in total. The molecule has 5 nitrogen and oxygen atoms in total. The van der Waals surface area contributed by atoms with Crippen molar-refractivity contribution in [3.8, 4) is 6.07 Å². The second-order valence-corrected chi connectivity index (χ2v) is 5.59. The lowest BCUT2D eigenvalue weighted by Gasteiger charge is -2.22. The van der Waals surface area contributed by atoms with Gasteiger partial charge in [0.05, 0.1) is 6.07 Å². The first-order chi connectivity index (χ1) is 9.09. The summed E-state index contributed by atoms with van der Waals surface area (Å²) >= 11 is 5.76. The minimum atomic E-state index is -0.878. The molecule has 0 unspecified atom stereocenters. The topological polar surface area (TPSA) is 69.9 Å². The van der Waals surface area contributed by atoms with Crippen LogP contribution in [0.3, 0.4) is 0 Å². The Morgan fingerprint density at radius 1 is 1.58 bits per heavy atom. The number of hydrogen-bond donors (Lipinski definition) is 0. The quantitative estimate of drug-likeness (QED) is 0.775. The van der Waals surface area contributed by atoms with Gasteiger partial charge in [-0.1, -0.05) is 6.92 Å². The maximum absolute atomic E-state index is 12.7. The minimum Gasteiger partial charge on any atom is -0.295 e. The summed E-state index contributed by atoms with van der Waals surface area (Å²) in [4.78, 5) is 22.1. The number of carbonyl (C=O) groups excluding carboxylic acids is 1. The average molecular weight is 277 g/mol. The summed E-state index contributed by atoms with van der Waals surface area (Å²) in [7, 11) is 0. The van der Waals surface area contributed by atoms with Crippen molar-refractivity contribution < 1.29 is 4.79 Å². The first kappa shape index (κ1) is 12.4. The van der Waals surface area contributed by atoms with E-state index in [0.29, 0.717) is 12.4 Å². The van der Waals surface area contributed by atoms with Crippen LogP contribution in [0.1, 0.15) is 19.8 Å². The molecular weight excluding hydrogens is 264 g/mol. The van der Waals surface area contributed by atoms with Gasteiger partial charge < -0.3 is 0 Å². The van der Waals surface area contributed by atoms with Crippen LogP contribution >= 0.6 is 11.6 Å². The molecule has 2 aliphatic rings. The standard InChI is InChI=1S/C13H13ClN4O/c1-8-6-18(10-4-5-16-12(14)17-10)11(19)13(8,7-15)9-2-3-9/h4-5,8-9H,2-3,6H2,1H3/t8-,13-/m0/s1. The fourth-order valence-corrected chi connectivity index (χ4v) is 3.12. The van der Waals surface area contributed by atoms with E-state index in [0.717, 1.165) is 12.8 Å². The van der Waals surface area contributed by atoms with Gasteiger partial charge in [0.1, 0.15) is 11.2 Å². The van der Waals surface area contributed by atoms with Gasteiger partial charge in [0.2, 0.25) is 11.2 Å². The molecule has 1 aliphatic carbocycles. The number of nitrogens with zero attached hydrogens (tertiary/aromatic N) is 4. The van der Waals surface area contributed by atoms with Gasteiger partial charge >= 0.3 is 0 Å². The molecule has 6 heteroatoms. The Morgan fingerprint density at radius 3 is 2.89 bits per heavy atom. The van der Waals surface area contributed by atoms with Crippen LogP contribution in [0.25, 0.3) is 0 Å². The Hall–Kier alpha value is -1.67. The van der Waals surface area contributed by atoms with Crippen molar-refractivity contribution >= 4 is 23.3 Å². The highest BCUT2D eigenvalue weighted by molar-refractivity contribution is 6.28. The fraction of sp³-hybridized carbons (Fsp3) is 0.538. The molecule has 1 aliphatic heterocycles. The lowest BCUT2D eigenvalue weighted by Crippen LogP contribution is -2.37. The first-order valence-corrected chi connectivity index (χ1v) is 6.69. The van der Waals surface area contributed by atoms with Gasteiger partial charge in [-0.05, 0) is 36.4 Å². The van der Waals surface area contributed by atoms with E-state index in [-0.39, 0.29) is 23.0 Å². The summed E-state index contributed by atoms with van der Waals surface area (Å²) in [5.41, 5.74) is -0.878. The molecule has 1 saturated heterocycles. The Labute approximate surface area is 116 Å². The van der Waals surface area contributed by atoms with Gasteiger partial charge in [0.15, 0.2) is 0 Å². The van der Waals surface area contributed by atoms with E-state index in [1.54, 1.807) is 11.0 Å². The van der Waals surface area contributed by atoms with Crippen LogP contribution in [0.5, 0.6) is 0 Å². The molecule has 1 saturated carbocycles. The van der Waals surface area contributed by atoms with Gasteiger partial charge in [-0.25, -0.2) is 9.97 Å². The third kappa shape index (κ3) is 1.71. The SMILES string of the molecule is C[C@H]1CN(c2ccnc(Cl)n2)C(=O)[C@]1(C#N)C1CC1. The lowest BCUT2D eigenvalue weighted by molar-refractivity contribution is -0.124. The third-order valence-corrected chi connectivity index (χ3v) is 4.31. The molecule has 2 fully saturated rings. The molecule has 1 aromatic heterocycles. The van der Waals surface area contributed by atoms with Crippen molar-refractivity contribution in [3.63, 3.8) is 0 Å². The van der Waals surface area contributed by atoms with Crippen LogP contribution < -0.4 is 4.90 Å². The van der Waals surface area contributed by atoms with Crippen LogP contribution in [0.4, 0.5) is 5.82 Å². The number of halogens is 1. The molecule has 0 aromatic carbocycles. The van der Waals surface area contributed by atoms with E-state index in [4.69, 9.17) is 11.6 Å². The number of anilines is 1. The van der Waals surface area contributed by atoms with Crippen molar-refractivity contribution in [1.29, 1.82) is 5.26 Å². The fourth-order valence-electron chi connectivity index (χ4n) is 2.97. The molecule has 0 radical (unpaired) electrons. The van der Waals surface area contributed by atoms with E-state index >= 15 is 0 Å². The summed E-state index contributed by atoms with van der Waals surface area (Å²) in [5, 5.41) is 9.64. The second kappa shape index (κ2) is 4.17. The molecule has 2 atom stereocenters. The summed E-state index contributed by atoms with van der Waals surface area (Å²) in [5.74, 6) is 0.544. The average Bonchev–Trinajstić information content (AvgIpc) is 3.18. The van der Waals surface area contributed by atoms with Gasteiger partial charge in [0.25, 0.3) is 0 Å². The zero-order valence-corrected chi connectivity index (χ0v) is 11.3. The molecule has 1 aromatic rings. The Bertz CT molecular complexity index is 580. The predicted molar refractivity (Wildman–Crippen MR) is 69.3 cm³/mol. The Kier molecular flexibility index (Phi) is 2.72. The highest BCUT2D eigenvalue weighted by Crippen LogP contribution is 2.54. The smallest absolute Gasteiger partial charge is 0.249 e. The Morgan fingerprint density at radius 2 is 2.32 bits per heavy atom. The summed E-state index contributed by atoms with van der Waals surface area (Å²) in [6.45, 7) is 2.47. The van der Waals surface area contributed by atoms with E-state index in [1.165, 1.54) is 6.20 Å². The maximum Gasteiger partial charge on any atom is 0.249 e. The number of rotatable bonds is 2. The van der Waals surface area contributed by atoms with Crippen LogP contribution in [-0.2, 0) is 4.79 Å². The summed E-state index contributed by atoms with van der Waals surface area (Å²) in [6, 6.07) is 3.94. The van der Waals surface area contributed by atoms with Crippen LogP contribution in [0.15, 0.2) is 12.3 Å². The molecule has 2 heterocycles. The van der Waals surface area contributed by atoms with E-state index < -0.39 is 5.41 Å². The second-order valence-electron chi connectivity index (χ2n) is 5.26. The van der Waals surface area contributed by atoms with Gasteiger partial charge in [-0.2, -0.15) is 5.26 Å². The van der Waals surface area contributed by atoms with Crippen LogP contribution in [-0.4, -0.2) is 22.4 Å². The summed E-state index contributed by atoms with van der Waals surface area (Å²) < 4.78 is 0. The first-order valence-electron chi connectivity index (χ1n) is 6.31. The highest BCUT2D eigenvalue weighted by Gasteiger charge is 2.61. The van der Waals surface area contributed by atoms with Crippen molar-refractivity contribution in [2.24, 2.45) is 17.3 Å². The maximum atomic E-state index is 12.7. The molecule has 98 valence electrons. The van der Waals surface area contributed by atoms with E-state index in [2.05, 4.69) is 16.0 Å². The largest absolute Gasteiger partial charge is 0.295 e. The molecular formula is C13H13ClN4O. The van der Waals surface area contributed by atoms with E-state index in [9.17, 15) is 10.1 Å². The van der Waals surface area contributed by atoms with Crippen molar-refractivity contribution in [1.82, 2.24) is 9.97 Å². The molecule has 0 bridgehead atoms. The molecule has 3 rings (SSSR count). The van der Waals surface area contributed by atoms with Crippen molar-refractivity contribution in [3.05, 3.63) is 17.5 Å². The number of amides is 1.